The standard InChI is InChI=1S/C19H13ClN4O3S2/c20-12-6-4-11(5-7-12)10-15-18(26)24(19(28)29-15)9-8-16(25)21-13-2-1-3-14-17(13)23-27-22-14/h1-7,10H,8-9H2,(H,21,25)/b15-10-. The number of thiocarbonyl (C=S) groups is 1. The molecule has 0 bridgehead atoms. The summed E-state index contributed by atoms with van der Waals surface area (Å²) in [6.45, 7) is 0.182. The molecule has 0 radical (unpaired) electrons. The average Bonchev–Trinajstić information content (AvgIpc) is 3.28. The molecule has 2 amide bonds. The van der Waals surface area contributed by atoms with Crippen LogP contribution in [0.4, 0.5) is 5.69 Å². The van der Waals surface area contributed by atoms with E-state index >= 15 is 0 Å². The van der Waals surface area contributed by atoms with Crippen LogP contribution in [0.1, 0.15) is 12.0 Å². The minimum atomic E-state index is -0.267. The lowest BCUT2D eigenvalue weighted by molar-refractivity contribution is -0.122. The molecule has 2 aromatic carbocycles. The summed E-state index contributed by atoms with van der Waals surface area (Å²) in [4.78, 5) is 26.9. The predicted molar refractivity (Wildman–Crippen MR) is 116 cm³/mol. The van der Waals surface area contributed by atoms with Crippen molar-refractivity contribution >= 4 is 74.5 Å². The monoisotopic (exact) mass is 444 g/mol. The summed E-state index contributed by atoms with van der Waals surface area (Å²) in [7, 11) is 0. The van der Waals surface area contributed by atoms with Gasteiger partial charge in [0.2, 0.25) is 5.91 Å². The summed E-state index contributed by atoms with van der Waals surface area (Å²) >= 11 is 12.4. The van der Waals surface area contributed by atoms with E-state index in [-0.39, 0.29) is 24.8 Å². The predicted octanol–water partition coefficient (Wildman–Crippen LogP) is 4.11. The molecule has 1 N–H and O–H groups in total. The van der Waals surface area contributed by atoms with Gasteiger partial charge in [-0.3, -0.25) is 14.5 Å². The average molecular weight is 445 g/mol. The van der Waals surface area contributed by atoms with Gasteiger partial charge in [-0.25, -0.2) is 4.63 Å². The molecule has 1 saturated heterocycles. The van der Waals surface area contributed by atoms with E-state index in [9.17, 15) is 9.59 Å². The highest BCUT2D eigenvalue weighted by Gasteiger charge is 2.32. The summed E-state index contributed by atoms with van der Waals surface area (Å²) in [6.07, 6.45) is 1.84. The molecule has 29 heavy (non-hydrogen) atoms. The van der Waals surface area contributed by atoms with Gasteiger partial charge >= 0.3 is 0 Å². The number of nitrogens with one attached hydrogen (secondary N) is 1. The van der Waals surface area contributed by atoms with Crippen LogP contribution in [0.2, 0.25) is 5.02 Å². The molecule has 0 aliphatic carbocycles. The van der Waals surface area contributed by atoms with Crippen molar-refractivity contribution in [1.29, 1.82) is 0 Å². The van der Waals surface area contributed by atoms with Crippen LogP contribution in [0, 0.1) is 0 Å². The fraction of sp³-hybridized carbons (Fsp3) is 0.105. The van der Waals surface area contributed by atoms with Crippen molar-refractivity contribution in [3.8, 4) is 0 Å². The number of rotatable bonds is 5. The Morgan fingerprint density at radius 3 is 2.83 bits per heavy atom. The maximum atomic E-state index is 12.7. The second-order valence-electron chi connectivity index (χ2n) is 6.12. The number of anilines is 1. The van der Waals surface area contributed by atoms with E-state index in [2.05, 4.69) is 20.3 Å². The van der Waals surface area contributed by atoms with E-state index in [4.69, 9.17) is 23.8 Å². The van der Waals surface area contributed by atoms with Crippen LogP contribution in [-0.4, -0.2) is 37.9 Å². The molecule has 0 spiro atoms. The highest BCUT2D eigenvalue weighted by atomic mass is 35.5. The molecule has 3 aromatic rings. The van der Waals surface area contributed by atoms with E-state index in [1.807, 2.05) is 12.1 Å². The van der Waals surface area contributed by atoms with Gasteiger partial charge < -0.3 is 5.32 Å². The molecule has 1 aliphatic rings. The van der Waals surface area contributed by atoms with Crippen LogP contribution >= 0.6 is 35.6 Å². The topological polar surface area (TPSA) is 88.3 Å². The molecule has 1 aliphatic heterocycles. The zero-order valence-corrected chi connectivity index (χ0v) is 17.2. The van der Waals surface area contributed by atoms with E-state index in [0.29, 0.717) is 31.0 Å². The van der Waals surface area contributed by atoms with Gasteiger partial charge in [0.25, 0.3) is 5.91 Å². The SMILES string of the molecule is O=C(CCN1C(=O)/C(=C/c2ccc(Cl)cc2)SC1=S)Nc1cccc2nonc12. The Labute approximate surface area is 180 Å². The van der Waals surface area contributed by atoms with E-state index in [1.54, 1.807) is 36.4 Å². The van der Waals surface area contributed by atoms with Gasteiger partial charge in [-0.2, -0.15) is 0 Å². The Bertz CT molecular complexity index is 1140. The number of nitrogens with zero attached hydrogens (tertiary/aromatic N) is 3. The summed E-state index contributed by atoms with van der Waals surface area (Å²) in [6, 6.07) is 12.3. The first-order valence-corrected chi connectivity index (χ1v) is 10.1. The number of fused-ring (bicyclic) bond motifs is 1. The fourth-order valence-electron chi connectivity index (χ4n) is 2.74. The number of hydrogen-bond donors (Lipinski definition) is 1. The third kappa shape index (κ3) is 4.31. The summed E-state index contributed by atoms with van der Waals surface area (Å²) in [5, 5.41) is 10.9. The van der Waals surface area contributed by atoms with Crippen molar-refractivity contribution in [2.24, 2.45) is 0 Å². The van der Waals surface area contributed by atoms with Crippen molar-refractivity contribution in [2.45, 2.75) is 6.42 Å². The molecule has 10 heteroatoms. The second-order valence-corrected chi connectivity index (χ2v) is 8.23. The minimum absolute atomic E-state index is 0.0856. The van der Waals surface area contributed by atoms with Gasteiger partial charge in [0.15, 0.2) is 5.52 Å². The van der Waals surface area contributed by atoms with Crippen LogP contribution < -0.4 is 5.32 Å². The zero-order valence-electron chi connectivity index (χ0n) is 14.8. The highest BCUT2D eigenvalue weighted by molar-refractivity contribution is 8.26. The molecule has 146 valence electrons. The fourth-order valence-corrected chi connectivity index (χ4v) is 4.17. The van der Waals surface area contributed by atoms with Crippen LogP contribution in [0.5, 0.6) is 0 Å². The lowest BCUT2D eigenvalue weighted by Crippen LogP contribution is -2.31. The van der Waals surface area contributed by atoms with Gasteiger partial charge in [0.1, 0.15) is 9.84 Å². The number of thioether (sulfide) groups is 1. The second kappa shape index (κ2) is 8.32. The molecule has 0 saturated carbocycles. The Hall–Kier alpha value is -2.75. The summed E-state index contributed by atoms with van der Waals surface area (Å²) in [5.41, 5.74) is 2.37. The molecule has 0 atom stereocenters. The molecule has 4 rings (SSSR count). The number of benzene rings is 2. The normalized spacial score (nSPS) is 15.5. The molecule has 2 heterocycles. The Kier molecular flexibility index (Phi) is 5.61. The van der Waals surface area contributed by atoms with Crippen molar-refractivity contribution in [3.63, 3.8) is 0 Å². The number of amides is 2. The van der Waals surface area contributed by atoms with Crippen LogP contribution in [-0.2, 0) is 9.59 Å². The van der Waals surface area contributed by atoms with Crippen molar-refractivity contribution < 1.29 is 14.2 Å². The van der Waals surface area contributed by atoms with Gasteiger partial charge in [-0.1, -0.05) is 53.8 Å². The first-order chi connectivity index (χ1) is 14.0. The Morgan fingerprint density at radius 2 is 2.03 bits per heavy atom. The maximum absolute atomic E-state index is 12.7. The van der Waals surface area contributed by atoms with Crippen LogP contribution in [0.25, 0.3) is 17.1 Å². The number of aromatic nitrogens is 2. The third-order valence-corrected chi connectivity index (χ3v) is 5.79. The van der Waals surface area contributed by atoms with Crippen molar-refractivity contribution in [1.82, 2.24) is 15.2 Å². The van der Waals surface area contributed by atoms with Gasteiger partial charge in [-0.05, 0) is 46.2 Å². The van der Waals surface area contributed by atoms with Crippen molar-refractivity contribution in [2.75, 3.05) is 11.9 Å². The van der Waals surface area contributed by atoms with E-state index < -0.39 is 0 Å². The molecule has 1 aromatic heterocycles. The zero-order chi connectivity index (χ0) is 20.4. The number of hydrogen-bond acceptors (Lipinski definition) is 7. The van der Waals surface area contributed by atoms with E-state index in [1.165, 1.54) is 16.7 Å². The lowest BCUT2D eigenvalue weighted by atomic mass is 10.2. The van der Waals surface area contributed by atoms with Gasteiger partial charge in [-0.15, -0.1) is 0 Å². The molecular weight excluding hydrogens is 432 g/mol. The Balaban J connectivity index is 1.39. The smallest absolute Gasteiger partial charge is 0.266 e. The lowest BCUT2D eigenvalue weighted by Gasteiger charge is -2.14. The third-order valence-electron chi connectivity index (χ3n) is 4.16. The van der Waals surface area contributed by atoms with Crippen LogP contribution in [0.15, 0.2) is 52.0 Å². The summed E-state index contributed by atoms with van der Waals surface area (Å²) < 4.78 is 5.11. The van der Waals surface area contributed by atoms with Crippen molar-refractivity contribution in [3.05, 3.63) is 58.0 Å². The van der Waals surface area contributed by atoms with Crippen LogP contribution in [0.3, 0.4) is 0 Å². The molecule has 1 fully saturated rings. The summed E-state index contributed by atoms with van der Waals surface area (Å²) in [5.74, 6) is -0.484. The number of carbonyl (C=O) groups is 2. The molecular formula is C19H13ClN4O3S2. The number of carbonyl (C=O) groups excluding carboxylic acids is 2. The number of halogens is 1. The minimum Gasteiger partial charge on any atom is -0.324 e. The molecule has 0 unspecified atom stereocenters. The van der Waals surface area contributed by atoms with E-state index in [0.717, 1.165) is 5.56 Å². The highest BCUT2D eigenvalue weighted by Crippen LogP contribution is 2.32. The first kappa shape index (κ1) is 19.6. The largest absolute Gasteiger partial charge is 0.324 e. The molecule has 7 nitrogen and oxygen atoms in total. The first-order valence-electron chi connectivity index (χ1n) is 8.53. The van der Waals surface area contributed by atoms with Gasteiger partial charge in [0.05, 0.1) is 10.6 Å². The maximum Gasteiger partial charge on any atom is 0.266 e. The Morgan fingerprint density at radius 1 is 1.24 bits per heavy atom. The quantitative estimate of drug-likeness (QED) is 0.468. The van der Waals surface area contributed by atoms with Gasteiger partial charge in [0, 0.05) is 18.0 Å².